The zero-order chi connectivity index (χ0) is 14.9. The molecule has 0 aromatic carbocycles. The van der Waals surface area contributed by atoms with Crippen molar-refractivity contribution in [3.05, 3.63) is 24.3 Å². The van der Waals surface area contributed by atoms with Crippen LogP contribution in [0.4, 0.5) is 0 Å². The molecule has 0 atom stereocenters. The SMILES string of the molecule is CCCCC/C=C\C/C=C\CCCCCCCC(=O)O.[Ce]. The van der Waals surface area contributed by atoms with Crippen molar-refractivity contribution in [2.75, 3.05) is 0 Å². The minimum atomic E-state index is -0.671. The van der Waals surface area contributed by atoms with Crippen molar-refractivity contribution in [3.63, 3.8) is 0 Å². The van der Waals surface area contributed by atoms with E-state index in [1.54, 1.807) is 0 Å². The molecule has 0 amide bonds. The van der Waals surface area contributed by atoms with E-state index < -0.39 is 5.97 Å². The Labute approximate surface area is 164 Å². The van der Waals surface area contributed by atoms with Gasteiger partial charge in [0, 0.05) is 48.2 Å². The first-order valence-corrected chi connectivity index (χ1v) is 8.29. The number of carboxylic acids is 1. The van der Waals surface area contributed by atoms with Gasteiger partial charge in [-0.2, -0.15) is 0 Å². The second-order valence-electron chi connectivity index (χ2n) is 5.37. The van der Waals surface area contributed by atoms with Gasteiger partial charge in [0.2, 0.25) is 0 Å². The maximum atomic E-state index is 10.3. The van der Waals surface area contributed by atoms with E-state index in [0.29, 0.717) is 6.42 Å². The summed E-state index contributed by atoms with van der Waals surface area (Å²) >= 11 is 0. The predicted octanol–water partition coefficient (Wildman–Crippen LogP) is 5.88. The molecule has 0 unspecified atom stereocenters. The molecule has 0 bridgehead atoms. The van der Waals surface area contributed by atoms with Gasteiger partial charge in [-0.1, -0.05) is 63.3 Å². The van der Waals surface area contributed by atoms with E-state index in [4.69, 9.17) is 5.11 Å². The van der Waals surface area contributed by atoms with Gasteiger partial charge in [0.15, 0.2) is 0 Å². The first-order valence-electron chi connectivity index (χ1n) is 8.29. The summed E-state index contributed by atoms with van der Waals surface area (Å²) in [5, 5.41) is 8.50. The average Bonchev–Trinajstić information content (AvgIpc) is 2.43. The summed E-state index contributed by atoms with van der Waals surface area (Å²) in [6.45, 7) is 2.23. The van der Waals surface area contributed by atoms with Crippen molar-refractivity contribution in [2.45, 2.75) is 84.0 Å². The molecule has 0 aromatic rings. The van der Waals surface area contributed by atoms with Crippen LogP contribution in [0.1, 0.15) is 84.0 Å². The molecule has 0 spiro atoms. The van der Waals surface area contributed by atoms with E-state index in [9.17, 15) is 4.79 Å². The van der Waals surface area contributed by atoms with Crippen molar-refractivity contribution in [1.29, 1.82) is 0 Å². The number of carboxylic acid groups (broad SMARTS) is 1. The van der Waals surface area contributed by atoms with E-state index in [1.165, 1.54) is 44.9 Å². The summed E-state index contributed by atoms with van der Waals surface area (Å²) < 4.78 is 0. The Morgan fingerprint density at radius 2 is 1.33 bits per heavy atom. The van der Waals surface area contributed by atoms with Gasteiger partial charge in [0.25, 0.3) is 0 Å². The topological polar surface area (TPSA) is 37.3 Å². The second kappa shape index (κ2) is 20.3. The zero-order valence-electron chi connectivity index (χ0n) is 13.7. The maximum Gasteiger partial charge on any atom is 0.303 e. The molecule has 0 aromatic heterocycles. The molecule has 0 aliphatic heterocycles. The monoisotopic (exact) mass is 420 g/mol. The Bertz CT molecular complexity index is 272. The van der Waals surface area contributed by atoms with Crippen molar-refractivity contribution in [2.24, 2.45) is 0 Å². The fourth-order valence-electron chi connectivity index (χ4n) is 2.09. The zero-order valence-corrected chi connectivity index (χ0v) is 16.8. The number of hydrogen-bond donors (Lipinski definition) is 1. The molecular weight excluding hydrogens is 388 g/mol. The Hall–Kier alpha value is 0.327. The quantitative estimate of drug-likeness (QED) is 0.281. The molecule has 1 N–H and O–H groups in total. The van der Waals surface area contributed by atoms with E-state index in [1.807, 2.05) is 0 Å². The van der Waals surface area contributed by atoms with Crippen LogP contribution in [0.25, 0.3) is 0 Å². The van der Waals surface area contributed by atoms with Gasteiger partial charge in [-0.3, -0.25) is 4.79 Å². The number of hydrogen-bond acceptors (Lipinski definition) is 1. The van der Waals surface area contributed by atoms with Crippen LogP contribution in [0.15, 0.2) is 24.3 Å². The number of aliphatic carboxylic acids is 1. The van der Waals surface area contributed by atoms with Crippen LogP contribution in [-0.2, 0) is 4.79 Å². The molecule has 2 nitrogen and oxygen atoms in total. The van der Waals surface area contributed by atoms with Crippen LogP contribution in [0.5, 0.6) is 0 Å². The van der Waals surface area contributed by atoms with Gasteiger partial charge in [-0.15, -0.1) is 0 Å². The van der Waals surface area contributed by atoms with E-state index in [0.717, 1.165) is 25.7 Å². The van der Waals surface area contributed by atoms with Gasteiger partial charge in [-0.05, 0) is 38.5 Å². The molecule has 0 saturated carbocycles. The maximum absolute atomic E-state index is 10.3. The van der Waals surface area contributed by atoms with E-state index in [-0.39, 0.29) is 41.7 Å². The second-order valence-corrected chi connectivity index (χ2v) is 5.37. The normalized spacial score (nSPS) is 11.1. The summed E-state index contributed by atoms with van der Waals surface area (Å²) in [5.41, 5.74) is 0. The summed E-state index contributed by atoms with van der Waals surface area (Å²) in [4.78, 5) is 10.3. The molecule has 0 fully saturated rings. The minimum absolute atomic E-state index is 0. The number of allylic oxidation sites excluding steroid dienone is 4. The predicted molar refractivity (Wildman–Crippen MR) is 87.0 cm³/mol. The Morgan fingerprint density at radius 3 is 1.90 bits per heavy atom. The number of unbranched alkanes of at least 4 members (excludes halogenated alkanes) is 8. The van der Waals surface area contributed by atoms with Crippen LogP contribution in [-0.4, -0.2) is 11.1 Å². The third-order valence-corrected chi connectivity index (χ3v) is 3.34. The molecule has 0 aliphatic carbocycles. The van der Waals surface area contributed by atoms with Crippen LogP contribution in [0.3, 0.4) is 0 Å². The van der Waals surface area contributed by atoms with Crippen LogP contribution in [0, 0.1) is 41.7 Å². The largest absolute Gasteiger partial charge is 0.481 e. The molecule has 120 valence electrons. The summed E-state index contributed by atoms with van der Waals surface area (Å²) in [7, 11) is 0. The van der Waals surface area contributed by atoms with E-state index >= 15 is 0 Å². The molecule has 3 heteroatoms. The molecule has 0 heterocycles. The minimum Gasteiger partial charge on any atom is -0.481 e. The summed E-state index contributed by atoms with van der Waals surface area (Å²) in [6.07, 6.45) is 22.3. The van der Waals surface area contributed by atoms with Crippen LogP contribution < -0.4 is 0 Å². The fourth-order valence-corrected chi connectivity index (χ4v) is 2.09. The van der Waals surface area contributed by atoms with Crippen LogP contribution >= 0.6 is 0 Å². The Morgan fingerprint density at radius 1 is 0.810 bits per heavy atom. The van der Waals surface area contributed by atoms with Crippen molar-refractivity contribution >= 4 is 5.97 Å². The first-order chi connectivity index (χ1) is 9.77. The van der Waals surface area contributed by atoms with Gasteiger partial charge >= 0.3 is 5.97 Å². The van der Waals surface area contributed by atoms with Crippen molar-refractivity contribution in [1.82, 2.24) is 0 Å². The molecule has 0 saturated heterocycles. The van der Waals surface area contributed by atoms with Crippen molar-refractivity contribution < 1.29 is 51.6 Å². The Balaban J connectivity index is 0. The van der Waals surface area contributed by atoms with Crippen molar-refractivity contribution in [3.8, 4) is 0 Å². The number of rotatable bonds is 14. The number of carbonyl (C=O) groups is 1. The first kappa shape index (κ1) is 23.6. The van der Waals surface area contributed by atoms with Gasteiger partial charge in [-0.25, -0.2) is 0 Å². The molecule has 0 rings (SSSR count). The summed E-state index contributed by atoms with van der Waals surface area (Å²) in [6, 6.07) is 0. The Kier molecular flexibility index (Phi) is 22.8. The molecule has 0 aliphatic rings. The molecular formula is C18H32CeO2. The van der Waals surface area contributed by atoms with Gasteiger partial charge in [0.05, 0.1) is 0 Å². The van der Waals surface area contributed by atoms with E-state index in [2.05, 4.69) is 31.2 Å². The third-order valence-electron chi connectivity index (χ3n) is 3.34. The standard InChI is InChI=1S/C18H32O2.Ce/c1-2-3-4-5-6-7-8-9-10-11-12-13-14-15-16-17-18(19)20;/h6-7,9-10H,2-5,8,11-17H2,1H3,(H,19,20);/b7-6-,10-9-;. The smallest absolute Gasteiger partial charge is 0.303 e. The molecule has 0 radical (unpaired) electrons. The summed E-state index contributed by atoms with van der Waals surface area (Å²) in [5.74, 6) is -0.671. The van der Waals surface area contributed by atoms with Gasteiger partial charge in [0.1, 0.15) is 0 Å². The van der Waals surface area contributed by atoms with Crippen LogP contribution in [0.2, 0.25) is 0 Å². The van der Waals surface area contributed by atoms with Gasteiger partial charge < -0.3 is 5.11 Å². The fraction of sp³-hybridized carbons (Fsp3) is 0.722. The molecule has 21 heavy (non-hydrogen) atoms. The third kappa shape index (κ3) is 22.7. The average molecular weight is 421 g/mol.